The molecule has 5 aromatic rings. The summed E-state index contributed by atoms with van der Waals surface area (Å²) in [4.78, 5) is 17.5. The molecule has 33 heavy (non-hydrogen) atoms. The van der Waals surface area contributed by atoms with E-state index in [-0.39, 0.29) is 11.5 Å². The third-order valence-electron chi connectivity index (χ3n) is 5.75. The number of rotatable bonds is 6. The van der Waals surface area contributed by atoms with Crippen molar-refractivity contribution in [1.29, 1.82) is 0 Å². The molecular weight excluding hydrogens is 416 g/mol. The highest BCUT2D eigenvalue weighted by Crippen LogP contribution is 2.30. The van der Waals surface area contributed by atoms with Gasteiger partial charge in [0.25, 0.3) is 5.56 Å². The second kappa shape index (κ2) is 8.42. The van der Waals surface area contributed by atoms with Gasteiger partial charge in [0.15, 0.2) is 0 Å². The Hall–Kier alpha value is -4.14. The number of hydrogen-bond donors (Lipinski definition) is 2. The van der Waals surface area contributed by atoms with Crippen LogP contribution in [-0.2, 0) is 13.0 Å². The Morgan fingerprint density at radius 2 is 1.76 bits per heavy atom. The summed E-state index contributed by atoms with van der Waals surface area (Å²) in [7, 11) is 0. The average molecular weight is 441 g/mol. The van der Waals surface area contributed by atoms with Crippen molar-refractivity contribution in [1.82, 2.24) is 40.4 Å². The van der Waals surface area contributed by atoms with Gasteiger partial charge in [0, 0.05) is 18.0 Å². The molecule has 2 aromatic carbocycles. The molecule has 0 aliphatic rings. The Morgan fingerprint density at radius 3 is 2.42 bits per heavy atom. The highest BCUT2D eigenvalue weighted by atomic mass is 16.1. The van der Waals surface area contributed by atoms with Crippen molar-refractivity contribution in [3.8, 4) is 22.5 Å². The van der Waals surface area contributed by atoms with E-state index < -0.39 is 0 Å². The summed E-state index contributed by atoms with van der Waals surface area (Å²) in [6.45, 7) is 6.73. The van der Waals surface area contributed by atoms with Crippen molar-refractivity contribution in [3.05, 3.63) is 76.0 Å². The normalized spacial score (nSPS) is 11.5. The fraction of sp³-hybridized carbons (Fsp3) is 0.250. The third kappa shape index (κ3) is 3.71. The molecule has 3 heterocycles. The quantitative estimate of drug-likeness (QED) is 0.416. The Bertz CT molecular complexity index is 1460. The highest BCUT2D eigenvalue weighted by Gasteiger charge is 2.19. The van der Waals surface area contributed by atoms with Gasteiger partial charge in [-0.05, 0) is 28.3 Å². The van der Waals surface area contributed by atoms with Crippen LogP contribution in [0.3, 0.4) is 0 Å². The van der Waals surface area contributed by atoms with Crippen LogP contribution in [0.4, 0.5) is 0 Å². The lowest BCUT2D eigenvalue weighted by Crippen LogP contribution is -2.16. The van der Waals surface area contributed by atoms with E-state index in [1.807, 2.05) is 35.8 Å². The van der Waals surface area contributed by atoms with Gasteiger partial charge >= 0.3 is 0 Å². The van der Waals surface area contributed by atoms with Gasteiger partial charge < -0.3 is 4.57 Å². The molecule has 0 spiro atoms. The van der Waals surface area contributed by atoms with Crippen LogP contribution in [0.5, 0.6) is 0 Å². The number of aryl methyl sites for hydroxylation is 1. The number of aromatic amines is 2. The van der Waals surface area contributed by atoms with Crippen LogP contribution in [0.2, 0.25) is 0 Å². The predicted octanol–water partition coefficient (Wildman–Crippen LogP) is 3.70. The van der Waals surface area contributed by atoms with Crippen molar-refractivity contribution >= 4 is 11.0 Å². The molecule has 166 valence electrons. The Morgan fingerprint density at radius 1 is 1.00 bits per heavy atom. The molecule has 0 unspecified atom stereocenters. The van der Waals surface area contributed by atoms with Crippen molar-refractivity contribution in [2.45, 2.75) is 39.7 Å². The number of benzene rings is 2. The number of nitrogens with one attached hydrogen (secondary N) is 2. The molecule has 5 rings (SSSR count). The maximum atomic E-state index is 12.7. The molecule has 0 saturated carbocycles. The van der Waals surface area contributed by atoms with E-state index in [2.05, 4.69) is 68.9 Å². The van der Waals surface area contributed by atoms with Gasteiger partial charge in [-0.25, -0.2) is 10.1 Å². The van der Waals surface area contributed by atoms with E-state index in [0.717, 1.165) is 33.8 Å². The monoisotopic (exact) mass is 440 g/mol. The second-order valence-corrected chi connectivity index (χ2v) is 8.24. The molecule has 0 aliphatic carbocycles. The minimum absolute atomic E-state index is 0.169. The second-order valence-electron chi connectivity index (χ2n) is 8.24. The molecule has 0 amide bonds. The number of hydrogen-bond acceptors (Lipinski definition) is 6. The fourth-order valence-electron chi connectivity index (χ4n) is 4.15. The molecule has 0 bridgehead atoms. The summed E-state index contributed by atoms with van der Waals surface area (Å²) in [5, 5.41) is 21.3. The summed E-state index contributed by atoms with van der Waals surface area (Å²) >= 11 is 0. The van der Waals surface area contributed by atoms with Crippen molar-refractivity contribution in [2.75, 3.05) is 0 Å². The smallest absolute Gasteiger partial charge is 0.290 e. The SMILES string of the molecule is CCc1n[nH]c(=O)c2c1nc(C(C)C)n2Cc1ccc(-c2ccccc2-c2nn[nH]n2)cc1. The van der Waals surface area contributed by atoms with E-state index in [1.54, 1.807) is 0 Å². The lowest BCUT2D eigenvalue weighted by Gasteiger charge is -2.12. The van der Waals surface area contributed by atoms with E-state index in [4.69, 9.17) is 4.98 Å². The van der Waals surface area contributed by atoms with Crippen LogP contribution < -0.4 is 5.56 Å². The fourth-order valence-corrected chi connectivity index (χ4v) is 4.15. The molecule has 9 heteroatoms. The molecule has 9 nitrogen and oxygen atoms in total. The topological polar surface area (TPSA) is 118 Å². The molecule has 0 fully saturated rings. The van der Waals surface area contributed by atoms with E-state index in [9.17, 15) is 4.79 Å². The van der Waals surface area contributed by atoms with Crippen molar-refractivity contribution < 1.29 is 0 Å². The first kappa shape index (κ1) is 20.7. The molecule has 0 atom stereocenters. The first-order valence-electron chi connectivity index (χ1n) is 11.0. The summed E-state index contributed by atoms with van der Waals surface area (Å²) in [6, 6.07) is 16.3. The van der Waals surface area contributed by atoms with Gasteiger partial charge in [0.2, 0.25) is 5.82 Å². The maximum absolute atomic E-state index is 12.7. The Kier molecular flexibility index (Phi) is 5.29. The van der Waals surface area contributed by atoms with Gasteiger partial charge in [0.1, 0.15) is 16.9 Å². The van der Waals surface area contributed by atoms with Crippen LogP contribution in [0, 0.1) is 0 Å². The molecule has 0 aliphatic heterocycles. The van der Waals surface area contributed by atoms with Crippen molar-refractivity contribution in [2.24, 2.45) is 0 Å². The number of imidazole rings is 1. The number of nitrogens with zero attached hydrogens (tertiary/aromatic N) is 6. The van der Waals surface area contributed by atoms with E-state index >= 15 is 0 Å². The Balaban J connectivity index is 1.54. The zero-order valence-electron chi connectivity index (χ0n) is 18.7. The van der Waals surface area contributed by atoms with Gasteiger partial charge in [-0.2, -0.15) is 10.3 Å². The minimum atomic E-state index is -0.216. The van der Waals surface area contributed by atoms with Crippen LogP contribution in [0.15, 0.2) is 53.3 Å². The van der Waals surface area contributed by atoms with Gasteiger partial charge in [-0.3, -0.25) is 4.79 Å². The zero-order valence-corrected chi connectivity index (χ0v) is 18.7. The summed E-state index contributed by atoms with van der Waals surface area (Å²) < 4.78 is 2.02. The van der Waals surface area contributed by atoms with Crippen molar-refractivity contribution in [3.63, 3.8) is 0 Å². The first-order chi connectivity index (χ1) is 16.1. The Labute approximate surface area is 189 Å². The molecule has 2 N–H and O–H groups in total. The lowest BCUT2D eigenvalue weighted by molar-refractivity contribution is 0.681. The van der Waals surface area contributed by atoms with E-state index in [0.29, 0.717) is 29.8 Å². The number of aromatic nitrogens is 8. The van der Waals surface area contributed by atoms with Crippen LogP contribution in [0.1, 0.15) is 43.8 Å². The van der Waals surface area contributed by atoms with Crippen LogP contribution >= 0.6 is 0 Å². The largest absolute Gasteiger partial charge is 0.319 e. The highest BCUT2D eigenvalue weighted by molar-refractivity contribution is 5.80. The number of tetrazole rings is 1. The molecule has 0 radical (unpaired) electrons. The summed E-state index contributed by atoms with van der Waals surface area (Å²) in [5.74, 6) is 1.60. The van der Waals surface area contributed by atoms with Crippen LogP contribution in [0.25, 0.3) is 33.5 Å². The molecule has 3 aromatic heterocycles. The lowest BCUT2D eigenvalue weighted by atomic mass is 9.98. The standard InChI is InChI=1S/C24H24N8O/c1-4-19-20-21(24(33)29-26-19)32(23(25-20)14(2)3)13-15-9-11-16(12-10-15)17-7-5-6-8-18(17)22-27-30-31-28-22/h5-12,14H,4,13H2,1-3H3,(H,29,33)(H,27,28,30,31). The third-order valence-corrected chi connectivity index (χ3v) is 5.75. The number of H-pyrrole nitrogens is 2. The molecule has 0 saturated heterocycles. The van der Waals surface area contributed by atoms with Gasteiger partial charge in [-0.15, -0.1) is 10.2 Å². The van der Waals surface area contributed by atoms with Gasteiger partial charge in [0.05, 0.1) is 5.69 Å². The predicted molar refractivity (Wildman–Crippen MR) is 126 cm³/mol. The first-order valence-corrected chi connectivity index (χ1v) is 11.0. The minimum Gasteiger partial charge on any atom is -0.319 e. The number of fused-ring (bicyclic) bond motifs is 1. The molecular formula is C24H24N8O. The van der Waals surface area contributed by atoms with Crippen LogP contribution in [-0.4, -0.2) is 40.4 Å². The average Bonchev–Trinajstić information content (AvgIpc) is 3.49. The summed E-state index contributed by atoms with van der Waals surface area (Å²) in [6.07, 6.45) is 0.705. The summed E-state index contributed by atoms with van der Waals surface area (Å²) in [5.41, 5.74) is 5.92. The van der Waals surface area contributed by atoms with E-state index in [1.165, 1.54) is 0 Å². The van der Waals surface area contributed by atoms with Gasteiger partial charge in [-0.1, -0.05) is 69.3 Å². The maximum Gasteiger partial charge on any atom is 0.290 e. The zero-order chi connectivity index (χ0) is 22.9.